The molecule has 3 aromatic rings. The highest BCUT2D eigenvalue weighted by Gasteiger charge is 2.31. The van der Waals surface area contributed by atoms with Crippen LogP contribution in [0.1, 0.15) is 11.3 Å². The molecule has 0 fully saturated rings. The van der Waals surface area contributed by atoms with Gasteiger partial charge in [-0.05, 0) is 29.6 Å². The summed E-state index contributed by atoms with van der Waals surface area (Å²) in [5.41, 5.74) is 0.650. The Morgan fingerprint density at radius 3 is 2.58 bits per heavy atom. The first-order valence-corrected chi connectivity index (χ1v) is 9.69. The molecule has 0 radical (unpaired) electrons. The molecule has 5 nitrogen and oxygen atoms in total. The third-order valence-electron chi connectivity index (χ3n) is 3.47. The molecule has 1 aromatic carbocycles. The van der Waals surface area contributed by atoms with E-state index in [-0.39, 0.29) is 6.54 Å². The van der Waals surface area contributed by atoms with Crippen molar-refractivity contribution in [1.82, 2.24) is 14.7 Å². The lowest BCUT2D eigenvalue weighted by molar-refractivity contribution is -0.137. The van der Waals surface area contributed by atoms with E-state index in [1.807, 2.05) is 16.8 Å². The summed E-state index contributed by atoms with van der Waals surface area (Å²) in [5, 5.41) is 3.69. The number of benzene rings is 1. The van der Waals surface area contributed by atoms with Gasteiger partial charge in [0.05, 0.1) is 28.4 Å². The van der Waals surface area contributed by atoms with Crippen molar-refractivity contribution < 1.29 is 21.6 Å². The summed E-state index contributed by atoms with van der Waals surface area (Å²) in [4.78, 5) is 7.86. The average molecular weight is 399 g/mol. The number of thiophene rings is 1. The fraction of sp³-hybridized carbons (Fsp3) is 0.125. The Kier molecular flexibility index (Phi) is 5.08. The molecule has 0 saturated carbocycles. The second kappa shape index (κ2) is 7.14. The van der Waals surface area contributed by atoms with Crippen LogP contribution in [0.15, 0.2) is 58.4 Å². The van der Waals surface area contributed by atoms with E-state index in [4.69, 9.17) is 0 Å². The van der Waals surface area contributed by atoms with Gasteiger partial charge in [0.15, 0.2) is 0 Å². The third kappa shape index (κ3) is 4.09. The van der Waals surface area contributed by atoms with Crippen molar-refractivity contribution in [2.24, 2.45) is 0 Å². The first-order chi connectivity index (χ1) is 12.3. The van der Waals surface area contributed by atoms with Gasteiger partial charge in [-0.1, -0.05) is 6.07 Å². The van der Waals surface area contributed by atoms with Crippen LogP contribution in [-0.4, -0.2) is 18.4 Å². The second-order valence-corrected chi connectivity index (χ2v) is 7.76. The maximum atomic E-state index is 12.8. The molecule has 1 N–H and O–H groups in total. The van der Waals surface area contributed by atoms with Crippen LogP contribution in [0, 0.1) is 0 Å². The van der Waals surface area contributed by atoms with Crippen LogP contribution in [0.25, 0.3) is 11.3 Å². The Morgan fingerprint density at radius 2 is 1.88 bits per heavy atom. The minimum atomic E-state index is -4.62. The maximum Gasteiger partial charge on any atom is 0.416 e. The Labute approximate surface area is 151 Å². The van der Waals surface area contributed by atoms with Crippen molar-refractivity contribution in [2.45, 2.75) is 17.6 Å². The fourth-order valence-corrected chi connectivity index (χ4v) is 3.90. The molecule has 26 heavy (non-hydrogen) atoms. The Morgan fingerprint density at radius 1 is 1.12 bits per heavy atom. The van der Waals surface area contributed by atoms with Gasteiger partial charge in [-0.2, -0.15) is 24.5 Å². The predicted molar refractivity (Wildman–Crippen MR) is 90.8 cm³/mol. The lowest BCUT2D eigenvalue weighted by atomic mass is 10.2. The standard InChI is InChI=1S/C16H12F3N3O2S2/c17-16(18,19)12-2-1-3-13(8-12)26(23,24)22-9-14-15(21-6-5-20-14)11-4-7-25-10-11/h1-8,10,22H,9H2. The van der Waals surface area contributed by atoms with Gasteiger partial charge in [-0.15, -0.1) is 0 Å². The molecule has 0 saturated heterocycles. The summed E-state index contributed by atoms with van der Waals surface area (Å²) in [6.45, 7) is -0.197. The molecular weight excluding hydrogens is 387 g/mol. The number of halogens is 3. The number of alkyl halides is 3. The van der Waals surface area contributed by atoms with Gasteiger partial charge >= 0.3 is 6.18 Å². The van der Waals surface area contributed by atoms with Crippen molar-refractivity contribution in [3.8, 4) is 11.3 Å². The first kappa shape index (κ1) is 18.5. The minimum Gasteiger partial charge on any atom is -0.256 e. The van der Waals surface area contributed by atoms with Crippen molar-refractivity contribution in [1.29, 1.82) is 0 Å². The third-order valence-corrected chi connectivity index (χ3v) is 5.55. The molecule has 0 aliphatic rings. The highest BCUT2D eigenvalue weighted by Crippen LogP contribution is 2.30. The summed E-state index contributed by atoms with van der Waals surface area (Å²) < 4.78 is 65.3. The van der Waals surface area contributed by atoms with E-state index in [0.29, 0.717) is 17.5 Å². The molecule has 3 rings (SSSR count). The molecule has 0 atom stereocenters. The van der Waals surface area contributed by atoms with Crippen LogP contribution in [-0.2, 0) is 22.7 Å². The zero-order valence-corrected chi connectivity index (χ0v) is 14.7. The number of nitrogens with one attached hydrogen (secondary N) is 1. The molecule has 0 aliphatic heterocycles. The molecule has 0 amide bonds. The van der Waals surface area contributed by atoms with Gasteiger partial charge in [-0.25, -0.2) is 13.1 Å². The number of aromatic nitrogens is 2. The van der Waals surface area contributed by atoms with Crippen LogP contribution in [0.3, 0.4) is 0 Å². The Hall–Kier alpha value is -2.30. The van der Waals surface area contributed by atoms with E-state index in [0.717, 1.165) is 23.8 Å². The molecule has 10 heteroatoms. The average Bonchev–Trinajstić information content (AvgIpc) is 3.14. The summed E-state index contributed by atoms with van der Waals surface area (Å²) in [6.07, 6.45) is -1.72. The number of rotatable bonds is 5. The molecule has 2 aromatic heterocycles. The predicted octanol–water partition coefficient (Wildman–Crippen LogP) is 3.70. The van der Waals surface area contributed by atoms with Crippen molar-refractivity contribution in [2.75, 3.05) is 0 Å². The fourth-order valence-electron chi connectivity index (χ4n) is 2.22. The zero-order valence-electron chi connectivity index (χ0n) is 13.1. The summed E-state index contributed by atoms with van der Waals surface area (Å²) in [7, 11) is -4.14. The first-order valence-electron chi connectivity index (χ1n) is 7.27. The highest BCUT2D eigenvalue weighted by molar-refractivity contribution is 7.89. The monoisotopic (exact) mass is 399 g/mol. The lowest BCUT2D eigenvalue weighted by Gasteiger charge is -2.11. The number of sulfonamides is 1. The normalized spacial score (nSPS) is 12.3. The van der Waals surface area contributed by atoms with E-state index < -0.39 is 26.7 Å². The molecular formula is C16H12F3N3O2S2. The van der Waals surface area contributed by atoms with Crippen LogP contribution in [0.5, 0.6) is 0 Å². The van der Waals surface area contributed by atoms with Crippen LogP contribution in [0.4, 0.5) is 13.2 Å². The lowest BCUT2D eigenvalue weighted by Crippen LogP contribution is -2.24. The largest absolute Gasteiger partial charge is 0.416 e. The van der Waals surface area contributed by atoms with Gasteiger partial charge < -0.3 is 0 Å². The number of nitrogens with zero attached hydrogens (tertiary/aromatic N) is 2. The second-order valence-electron chi connectivity index (χ2n) is 5.21. The van der Waals surface area contributed by atoms with Crippen molar-refractivity contribution in [3.05, 3.63) is 64.7 Å². The molecule has 0 unspecified atom stereocenters. The van der Waals surface area contributed by atoms with E-state index >= 15 is 0 Å². The zero-order chi connectivity index (χ0) is 18.8. The molecule has 136 valence electrons. The quantitative estimate of drug-likeness (QED) is 0.710. The van der Waals surface area contributed by atoms with Crippen LogP contribution >= 0.6 is 11.3 Å². The molecule has 0 bridgehead atoms. The van der Waals surface area contributed by atoms with Gasteiger partial charge in [0.2, 0.25) is 10.0 Å². The van der Waals surface area contributed by atoms with E-state index in [1.165, 1.54) is 23.7 Å². The smallest absolute Gasteiger partial charge is 0.256 e. The van der Waals surface area contributed by atoms with Gasteiger partial charge in [0.1, 0.15) is 0 Å². The molecule has 0 spiro atoms. The van der Waals surface area contributed by atoms with Gasteiger partial charge in [-0.3, -0.25) is 9.97 Å². The topological polar surface area (TPSA) is 72.0 Å². The Balaban J connectivity index is 1.84. The van der Waals surface area contributed by atoms with Crippen molar-refractivity contribution >= 4 is 21.4 Å². The summed E-state index contributed by atoms with van der Waals surface area (Å²) in [6, 6.07) is 5.39. The minimum absolute atomic E-state index is 0.197. The maximum absolute atomic E-state index is 12.8. The van der Waals surface area contributed by atoms with E-state index in [2.05, 4.69) is 14.7 Å². The van der Waals surface area contributed by atoms with E-state index in [1.54, 1.807) is 0 Å². The van der Waals surface area contributed by atoms with E-state index in [9.17, 15) is 21.6 Å². The highest BCUT2D eigenvalue weighted by atomic mass is 32.2. The van der Waals surface area contributed by atoms with Crippen LogP contribution in [0.2, 0.25) is 0 Å². The van der Waals surface area contributed by atoms with Crippen LogP contribution < -0.4 is 4.72 Å². The Bertz CT molecular complexity index is 1000. The summed E-state index contributed by atoms with van der Waals surface area (Å²) in [5.74, 6) is 0. The van der Waals surface area contributed by atoms with Gasteiger partial charge in [0, 0.05) is 23.3 Å². The molecule has 0 aliphatic carbocycles. The number of hydrogen-bond donors (Lipinski definition) is 1. The van der Waals surface area contributed by atoms with Gasteiger partial charge in [0.25, 0.3) is 0 Å². The SMILES string of the molecule is O=S(=O)(NCc1nccnc1-c1ccsc1)c1cccc(C(F)(F)F)c1. The summed E-state index contributed by atoms with van der Waals surface area (Å²) >= 11 is 1.45. The molecule has 2 heterocycles. The van der Waals surface area contributed by atoms with Crippen molar-refractivity contribution in [3.63, 3.8) is 0 Å². The number of hydrogen-bond acceptors (Lipinski definition) is 5.